The highest BCUT2D eigenvalue weighted by Crippen LogP contribution is 2.24. The zero-order valence-corrected chi connectivity index (χ0v) is 11.4. The lowest BCUT2D eigenvalue weighted by Gasteiger charge is -2.08. The van der Waals surface area contributed by atoms with Gasteiger partial charge < -0.3 is 0 Å². The Morgan fingerprint density at radius 1 is 1.38 bits per heavy atom. The number of H-pyrrole nitrogens is 1. The number of nitriles is 1. The van der Waals surface area contributed by atoms with Crippen molar-refractivity contribution < 1.29 is 0 Å². The normalized spacial score (nSPS) is 10.5. The summed E-state index contributed by atoms with van der Waals surface area (Å²) in [6.45, 7) is 5.64. The number of aromatic nitrogens is 3. The Kier molecular flexibility index (Phi) is 2.92. The molecule has 21 heavy (non-hydrogen) atoms. The molecule has 0 spiro atoms. The maximum absolute atomic E-state index is 12.6. The summed E-state index contributed by atoms with van der Waals surface area (Å²) in [5, 5.41) is 11.9. The minimum Gasteiger partial charge on any atom is -0.295 e. The Hall–Kier alpha value is -3.13. The summed E-state index contributed by atoms with van der Waals surface area (Å²) >= 11 is 0. The topological polar surface area (TPSA) is 73.9 Å². The first kappa shape index (κ1) is 12.9. The lowest BCUT2D eigenvalue weighted by Crippen LogP contribution is -2.20. The van der Waals surface area contributed by atoms with Crippen LogP contribution in [0.25, 0.3) is 22.5 Å². The molecule has 0 aliphatic carbocycles. The molecule has 2 aromatic heterocycles. The molecule has 0 unspecified atom stereocenters. The van der Waals surface area contributed by atoms with E-state index in [1.54, 1.807) is 6.92 Å². The first-order valence-electron chi connectivity index (χ1n) is 6.39. The van der Waals surface area contributed by atoms with Crippen LogP contribution in [0, 0.1) is 11.3 Å². The number of rotatable bonds is 2. The van der Waals surface area contributed by atoms with Crippen molar-refractivity contribution in [3.63, 3.8) is 0 Å². The molecule has 0 saturated carbocycles. The van der Waals surface area contributed by atoms with Gasteiger partial charge in [-0.1, -0.05) is 36.9 Å². The van der Waals surface area contributed by atoms with Crippen molar-refractivity contribution in [3.05, 3.63) is 64.6 Å². The summed E-state index contributed by atoms with van der Waals surface area (Å²) in [5.74, 6) is 0. The Bertz CT molecular complexity index is 942. The molecule has 1 aromatic carbocycles. The van der Waals surface area contributed by atoms with Gasteiger partial charge in [-0.3, -0.25) is 9.89 Å². The molecule has 5 nitrogen and oxygen atoms in total. The summed E-state index contributed by atoms with van der Waals surface area (Å²) in [6.07, 6.45) is 1.47. The van der Waals surface area contributed by atoms with Crippen LogP contribution in [-0.4, -0.2) is 14.6 Å². The average molecular weight is 276 g/mol. The second-order valence-corrected chi connectivity index (χ2v) is 4.74. The van der Waals surface area contributed by atoms with Gasteiger partial charge in [0.25, 0.3) is 5.56 Å². The maximum atomic E-state index is 12.6. The van der Waals surface area contributed by atoms with E-state index in [2.05, 4.69) is 16.7 Å². The molecular formula is C16H12N4O. The lowest BCUT2D eigenvalue weighted by atomic mass is 10.0. The van der Waals surface area contributed by atoms with Gasteiger partial charge in [0.2, 0.25) is 0 Å². The minimum absolute atomic E-state index is 0.257. The predicted octanol–water partition coefficient (Wildman–Crippen LogP) is 2.59. The molecule has 3 rings (SSSR count). The largest absolute Gasteiger partial charge is 0.295 e. The molecule has 0 aliphatic rings. The van der Waals surface area contributed by atoms with Crippen molar-refractivity contribution in [3.8, 4) is 17.3 Å². The van der Waals surface area contributed by atoms with Crippen LogP contribution in [0.4, 0.5) is 0 Å². The van der Waals surface area contributed by atoms with Gasteiger partial charge in [0.15, 0.2) is 5.65 Å². The third-order valence-electron chi connectivity index (χ3n) is 3.26. The van der Waals surface area contributed by atoms with Gasteiger partial charge in [-0.2, -0.15) is 9.78 Å². The van der Waals surface area contributed by atoms with E-state index in [1.807, 2.05) is 36.4 Å². The van der Waals surface area contributed by atoms with E-state index in [-0.39, 0.29) is 5.56 Å². The zero-order chi connectivity index (χ0) is 15.0. The number of nitrogens with one attached hydrogen (secondary N) is 1. The molecule has 0 aliphatic heterocycles. The van der Waals surface area contributed by atoms with Crippen molar-refractivity contribution >= 4 is 11.2 Å². The first-order valence-corrected chi connectivity index (χ1v) is 6.39. The fraction of sp³-hybridized carbons (Fsp3) is 0.0625. The monoisotopic (exact) mass is 276 g/mol. The molecule has 3 aromatic rings. The number of allylic oxidation sites excluding steroid dienone is 1. The number of benzene rings is 1. The second-order valence-electron chi connectivity index (χ2n) is 4.74. The standard InChI is InChI=1S/C16H12N4O/c1-10(2)13-14(11-6-4-3-5-7-11)19-15-12(8-17)9-18-20(15)16(13)21/h3-7,9,18H,1H2,2H3. The molecule has 1 N–H and O–H groups in total. The van der Waals surface area contributed by atoms with E-state index >= 15 is 0 Å². The summed E-state index contributed by atoms with van der Waals surface area (Å²) in [7, 11) is 0. The van der Waals surface area contributed by atoms with Crippen LogP contribution in [-0.2, 0) is 0 Å². The molecule has 5 heteroatoms. The molecule has 102 valence electrons. The number of nitrogens with zero attached hydrogens (tertiary/aromatic N) is 3. The van der Waals surface area contributed by atoms with Crippen molar-refractivity contribution in [2.75, 3.05) is 0 Å². The Labute approximate surface area is 120 Å². The average Bonchev–Trinajstić information content (AvgIpc) is 2.91. The van der Waals surface area contributed by atoms with Crippen LogP contribution < -0.4 is 5.56 Å². The molecule has 0 bridgehead atoms. The van der Waals surface area contributed by atoms with Gasteiger partial charge in [-0.15, -0.1) is 0 Å². The van der Waals surface area contributed by atoms with E-state index in [0.29, 0.717) is 28.0 Å². The quantitative estimate of drug-likeness (QED) is 0.781. The number of aromatic amines is 1. The van der Waals surface area contributed by atoms with Gasteiger partial charge in [-0.25, -0.2) is 4.98 Å². The Morgan fingerprint density at radius 2 is 2.10 bits per heavy atom. The predicted molar refractivity (Wildman–Crippen MR) is 80.7 cm³/mol. The first-order chi connectivity index (χ1) is 10.1. The fourth-order valence-corrected chi connectivity index (χ4v) is 2.29. The Morgan fingerprint density at radius 3 is 2.71 bits per heavy atom. The summed E-state index contributed by atoms with van der Waals surface area (Å²) in [6, 6.07) is 11.4. The van der Waals surface area contributed by atoms with Crippen LogP contribution >= 0.6 is 0 Å². The van der Waals surface area contributed by atoms with Crippen molar-refractivity contribution in [1.82, 2.24) is 14.6 Å². The molecule has 2 heterocycles. The van der Waals surface area contributed by atoms with Crippen molar-refractivity contribution in [2.24, 2.45) is 0 Å². The third kappa shape index (κ3) is 1.94. The van der Waals surface area contributed by atoms with Crippen LogP contribution in [0.15, 0.2) is 47.9 Å². The third-order valence-corrected chi connectivity index (χ3v) is 3.26. The number of hydrogen-bond donors (Lipinski definition) is 1. The minimum atomic E-state index is -0.257. The SMILES string of the molecule is C=C(C)c1c(-c2ccccc2)nc2c(C#N)c[nH]n2c1=O. The highest BCUT2D eigenvalue weighted by molar-refractivity contribution is 5.78. The Balaban J connectivity index is 2.48. The van der Waals surface area contributed by atoms with Gasteiger partial charge in [-0.05, 0) is 12.5 Å². The summed E-state index contributed by atoms with van der Waals surface area (Å²) < 4.78 is 1.27. The van der Waals surface area contributed by atoms with E-state index in [4.69, 9.17) is 5.26 Å². The molecule has 0 fully saturated rings. The van der Waals surface area contributed by atoms with Crippen molar-refractivity contribution in [1.29, 1.82) is 5.26 Å². The van der Waals surface area contributed by atoms with E-state index in [1.165, 1.54) is 10.7 Å². The van der Waals surface area contributed by atoms with Gasteiger partial charge in [0.1, 0.15) is 11.6 Å². The number of hydrogen-bond acceptors (Lipinski definition) is 3. The molecule has 0 atom stereocenters. The van der Waals surface area contributed by atoms with E-state index in [9.17, 15) is 4.79 Å². The zero-order valence-electron chi connectivity index (χ0n) is 11.4. The van der Waals surface area contributed by atoms with Gasteiger partial charge in [0.05, 0.1) is 11.3 Å². The van der Waals surface area contributed by atoms with E-state index in [0.717, 1.165) is 5.56 Å². The van der Waals surface area contributed by atoms with Crippen molar-refractivity contribution in [2.45, 2.75) is 6.92 Å². The van der Waals surface area contributed by atoms with E-state index < -0.39 is 0 Å². The molecule has 0 saturated heterocycles. The molecule has 0 amide bonds. The number of fused-ring (bicyclic) bond motifs is 1. The maximum Gasteiger partial charge on any atom is 0.280 e. The van der Waals surface area contributed by atoms with Crippen LogP contribution in [0.3, 0.4) is 0 Å². The second kappa shape index (κ2) is 4.76. The summed E-state index contributed by atoms with van der Waals surface area (Å²) in [5.41, 5.74) is 2.85. The highest BCUT2D eigenvalue weighted by atomic mass is 16.1. The fourth-order valence-electron chi connectivity index (χ4n) is 2.29. The van der Waals surface area contributed by atoms with Gasteiger partial charge >= 0.3 is 0 Å². The van der Waals surface area contributed by atoms with Gasteiger partial charge in [0, 0.05) is 11.8 Å². The summed E-state index contributed by atoms with van der Waals surface area (Å²) in [4.78, 5) is 17.1. The van der Waals surface area contributed by atoms with Crippen LogP contribution in [0.5, 0.6) is 0 Å². The molecule has 0 radical (unpaired) electrons. The highest BCUT2D eigenvalue weighted by Gasteiger charge is 2.17. The lowest BCUT2D eigenvalue weighted by molar-refractivity contribution is 0.895. The molecular weight excluding hydrogens is 264 g/mol. The van der Waals surface area contributed by atoms with Crippen LogP contribution in [0.1, 0.15) is 18.1 Å². The van der Waals surface area contributed by atoms with Crippen LogP contribution in [0.2, 0.25) is 0 Å². The smallest absolute Gasteiger partial charge is 0.280 e.